The van der Waals surface area contributed by atoms with E-state index >= 15 is 0 Å². The molecule has 0 fully saturated rings. The largest absolute Gasteiger partial charge is 0.356 e. The molecular weight excluding hydrogens is 369 g/mol. The molecule has 0 aliphatic rings. The first-order valence-corrected chi connectivity index (χ1v) is 8.85. The summed E-state index contributed by atoms with van der Waals surface area (Å²) in [6, 6.07) is 10.1. The van der Waals surface area contributed by atoms with Crippen LogP contribution in [0.5, 0.6) is 0 Å². The molecule has 1 amide bonds. The number of benzene rings is 1. The van der Waals surface area contributed by atoms with Crippen molar-refractivity contribution in [3.05, 3.63) is 64.8 Å². The molecule has 8 heteroatoms. The fourth-order valence-corrected chi connectivity index (χ4v) is 2.83. The van der Waals surface area contributed by atoms with Gasteiger partial charge in [0.15, 0.2) is 11.6 Å². The minimum Gasteiger partial charge on any atom is -0.356 e. The van der Waals surface area contributed by atoms with Gasteiger partial charge in [-0.1, -0.05) is 17.7 Å². The average molecular weight is 388 g/mol. The van der Waals surface area contributed by atoms with Crippen molar-refractivity contribution >= 4 is 29.0 Å². The minimum absolute atomic E-state index is 0.0201. The molecule has 0 saturated heterocycles. The Morgan fingerprint density at radius 2 is 2.11 bits per heavy atom. The van der Waals surface area contributed by atoms with Crippen LogP contribution in [0.15, 0.2) is 42.6 Å². The maximum atomic E-state index is 14.2. The second-order valence-electron chi connectivity index (χ2n) is 5.94. The number of hydrogen-bond acceptors (Lipinski definition) is 4. The van der Waals surface area contributed by atoms with E-state index in [-0.39, 0.29) is 23.0 Å². The van der Waals surface area contributed by atoms with E-state index in [1.807, 2.05) is 19.9 Å². The van der Waals surface area contributed by atoms with E-state index < -0.39 is 5.82 Å². The molecule has 0 saturated carbocycles. The fourth-order valence-electron chi connectivity index (χ4n) is 2.66. The first kappa shape index (κ1) is 18.8. The Hall–Kier alpha value is -2.93. The van der Waals surface area contributed by atoms with Crippen molar-refractivity contribution in [1.29, 1.82) is 0 Å². The molecular formula is C19H19ClFN5O. The van der Waals surface area contributed by atoms with Crippen LogP contribution in [0.2, 0.25) is 5.02 Å². The molecule has 6 nitrogen and oxygen atoms in total. The van der Waals surface area contributed by atoms with E-state index in [9.17, 15) is 9.18 Å². The summed E-state index contributed by atoms with van der Waals surface area (Å²) < 4.78 is 15.8. The number of nitrogens with zero attached hydrogens (tertiary/aromatic N) is 3. The third-order valence-electron chi connectivity index (χ3n) is 3.84. The van der Waals surface area contributed by atoms with E-state index in [0.717, 1.165) is 11.4 Å². The number of aromatic nitrogens is 3. The Balaban J connectivity index is 1.98. The van der Waals surface area contributed by atoms with Crippen LogP contribution >= 0.6 is 11.6 Å². The fraction of sp³-hybridized carbons (Fsp3) is 0.211. The number of carbonyl (C=O) groups excluding carboxylic acids is 1. The second-order valence-corrected chi connectivity index (χ2v) is 6.35. The zero-order valence-electron chi connectivity index (χ0n) is 15.0. The summed E-state index contributed by atoms with van der Waals surface area (Å²) in [5.41, 5.74) is 2.46. The van der Waals surface area contributed by atoms with E-state index in [4.69, 9.17) is 11.6 Å². The molecule has 27 heavy (non-hydrogen) atoms. The SMILES string of the molecule is CCNC(=O)Cc1cc(Nc2cccc(Cl)c2F)nn1-c1ccnc(C)c1. The number of anilines is 2. The molecule has 3 aromatic rings. The average Bonchev–Trinajstić information content (AvgIpc) is 3.01. The van der Waals surface area contributed by atoms with E-state index in [0.29, 0.717) is 18.1 Å². The maximum Gasteiger partial charge on any atom is 0.226 e. The van der Waals surface area contributed by atoms with Crippen LogP contribution in [0.4, 0.5) is 15.9 Å². The smallest absolute Gasteiger partial charge is 0.226 e. The Kier molecular flexibility index (Phi) is 5.71. The lowest BCUT2D eigenvalue weighted by atomic mass is 10.2. The Bertz CT molecular complexity index is 972. The molecule has 0 spiro atoms. The molecule has 0 aliphatic heterocycles. The Labute approximate surface area is 161 Å². The Morgan fingerprint density at radius 3 is 2.85 bits per heavy atom. The van der Waals surface area contributed by atoms with Gasteiger partial charge in [-0.15, -0.1) is 5.10 Å². The number of aryl methyl sites for hydroxylation is 1. The molecule has 3 rings (SSSR count). The van der Waals surface area contributed by atoms with Crippen LogP contribution in [0.1, 0.15) is 18.3 Å². The molecule has 2 aromatic heterocycles. The summed E-state index contributed by atoms with van der Waals surface area (Å²) in [7, 11) is 0. The number of nitrogens with one attached hydrogen (secondary N) is 2. The van der Waals surface area contributed by atoms with Gasteiger partial charge in [0.25, 0.3) is 0 Å². The van der Waals surface area contributed by atoms with Crippen LogP contribution in [0.3, 0.4) is 0 Å². The van der Waals surface area contributed by atoms with Gasteiger partial charge in [0.1, 0.15) is 0 Å². The standard InChI is InChI=1S/C19H19ClFN5O/c1-3-22-18(27)11-14-10-17(24-16-6-4-5-15(20)19(16)21)25-26(14)13-7-8-23-12(2)9-13/h4-10H,3,11H2,1-2H3,(H,22,27)(H,24,25). The van der Waals surface area contributed by atoms with Crippen molar-refractivity contribution in [2.24, 2.45) is 0 Å². The Morgan fingerprint density at radius 1 is 1.30 bits per heavy atom. The van der Waals surface area contributed by atoms with Gasteiger partial charge in [0.2, 0.25) is 5.91 Å². The predicted molar refractivity (Wildman–Crippen MR) is 103 cm³/mol. The van der Waals surface area contributed by atoms with Crippen LogP contribution in [0, 0.1) is 12.7 Å². The summed E-state index contributed by atoms with van der Waals surface area (Å²) in [4.78, 5) is 16.2. The molecule has 0 atom stereocenters. The molecule has 140 valence electrons. The molecule has 2 heterocycles. The van der Waals surface area contributed by atoms with Gasteiger partial charge in [0, 0.05) is 24.5 Å². The van der Waals surface area contributed by atoms with Crippen LogP contribution in [0.25, 0.3) is 5.69 Å². The van der Waals surface area contributed by atoms with Gasteiger partial charge >= 0.3 is 0 Å². The van der Waals surface area contributed by atoms with Crippen LogP contribution in [-0.4, -0.2) is 27.2 Å². The first-order valence-electron chi connectivity index (χ1n) is 8.47. The summed E-state index contributed by atoms with van der Waals surface area (Å²) in [6.45, 7) is 4.27. The number of rotatable bonds is 6. The molecule has 1 aromatic carbocycles. The maximum absolute atomic E-state index is 14.2. The van der Waals surface area contributed by atoms with Crippen molar-refractivity contribution < 1.29 is 9.18 Å². The van der Waals surface area contributed by atoms with Crippen molar-refractivity contribution in [2.45, 2.75) is 20.3 Å². The number of halogens is 2. The normalized spacial score (nSPS) is 10.7. The van der Waals surface area contributed by atoms with Gasteiger partial charge in [-0.05, 0) is 38.1 Å². The summed E-state index contributed by atoms with van der Waals surface area (Å²) in [5, 5.41) is 10.2. The highest BCUT2D eigenvalue weighted by atomic mass is 35.5. The third-order valence-corrected chi connectivity index (χ3v) is 4.13. The van der Waals surface area contributed by atoms with Crippen LogP contribution in [-0.2, 0) is 11.2 Å². The lowest BCUT2D eigenvalue weighted by Crippen LogP contribution is -2.25. The van der Waals surface area contributed by atoms with Crippen molar-refractivity contribution in [3.63, 3.8) is 0 Å². The lowest BCUT2D eigenvalue weighted by molar-refractivity contribution is -0.120. The molecule has 0 radical (unpaired) electrons. The van der Waals surface area contributed by atoms with Crippen molar-refractivity contribution in [3.8, 4) is 5.69 Å². The molecule has 0 bridgehead atoms. The molecule has 2 N–H and O–H groups in total. The quantitative estimate of drug-likeness (QED) is 0.675. The zero-order valence-corrected chi connectivity index (χ0v) is 15.7. The number of amides is 1. The highest BCUT2D eigenvalue weighted by molar-refractivity contribution is 6.31. The van der Waals surface area contributed by atoms with Gasteiger partial charge in [-0.25, -0.2) is 9.07 Å². The first-order chi connectivity index (χ1) is 13.0. The van der Waals surface area contributed by atoms with Gasteiger partial charge in [-0.3, -0.25) is 9.78 Å². The van der Waals surface area contributed by atoms with Crippen molar-refractivity contribution in [2.75, 3.05) is 11.9 Å². The zero-order chi connectivity index (χ0) is 19.4. The minimum atomic E-state index is -0.557. The molecule has 0 aliphatic carbocycles. The topological polar surface area (TPSA) is 71.8 Å². The number of hydrogen-bond donors (Lipinski definition) is 2. The highest BCUT2D eigenvalue weighted by Crippen LogP contribution is 2.26. The van der Waals surface area contributed by atoms with E-state index in [2.05, 4.69) is 20.7 Å². The van der Waals surface area contributed by atoms with Crippen molar-refractivity contribution in [1.82, 2.24) is 20.1 Å². The third kappa shape index (κ3) is 4.43. The van der Waals surface area contributed by atoms with Gasteiger partial charge < -0.3 is 10.6 Å². The summed E-state index contributed by atoms with van der Waals surface area (Å²) in [5.74, 6) is -0.270. The lowest BCUT2D eigenvalue weighted by Gasteiger charge is -2.08. The number of pyridine rings is 1. The highest BCUT2D eigenvalue weighted by Gasteiger charge is 2.15. The van der Waals surface area contributed by atoms with E-state index in [1.54, 1.807) is 35.1 Å². The monoisotopic (exact) mass is 387 g/mol. The second kappa shape index (κ2) is 8.18. The van der Waals surface area contributed by atoms with Crippen LogP contribution < -0.4 is 10.6 Å². The van der Waals surface area contributed by atoms with Gasteiger partial charge in [0.05, 0.1) is 28.5 Å². The summed E-state index contributed by atoms with van der Waals surface area (Å²) >= 11 is 5.83. The summed E-state index contributed by atoms with van der Waals surface area (Å²) in [6.07, 6.45) is 1.81. The molecule has 0 unspecified atom stereocenters. The van der Waals surface area contributed by atoms with Gasteiger partial charge in [-0.2, -0.15) is 0 Å². The predicted octanol–water partition coefficient (Wildman–Crippen LogP) is 3.79. The number of carbonyl (C=O) groups is 1. The number of likely N-dealkylation sites (N-methyl/N-ethyl adjacent to an activating group) is 1. The van der Waals surface area contributed by atoms with E-state index in [1.165, 1.54) is 6.07 Å².